The number of thiophene rings is 2. The molecule has 3 rings (SSSR count). The van der Waals surface area contributed by atoms with Crippen molar-refractivity contribution in [2.45, 2.75) is 121 Å². The van der Waals surface area contributed by atoms with Crippen LogP contribution >= 0.6 is 22.7 Å². The molecule has 2 atom stereocenters. The van der Waals surface area contributed by atoms with Crippen LogP contribution in [0.1, 0.15) is 85.0 Å². The summed E-state index contributed by atoms with van der Waals surface area (Å²) >= 11 is 0.392. The van der Waals surface area contributed by atoms with Gasteiger partial charge in [0.05, 0.1) is 0 Å². The van der Waals surface area contributed by atoms with Crippen LogP contribution in [0.3, 0.4) is 0 Å². The van der Waals surface area contributed by atoms with Gasteiger partial charge in [0.1, 0.15) is 0 Å². The average Bonchev–Trinajstić information content (AvgIpc) is 3.46. The Morgan fingerprint density at radius 1 is 0.686 bits per heavy atom. The molecule has 0 aliphatic carbocycles. The first-order chi connectivity index (χ1) is 16.5. The molecule has 0 amide bonds. The molecule has 2 unspecified atom stereocenters. The Hall–Kier alpha value is 1.21. The molecule has 0 N–H and O–H groups in total. The fourth-order valence-corrected chi connectivity index (χ4v) is 24.9. The van der Waals surface area contributed by atoms with Crippen LogP contribution in [0.4, 0.5) is 0 Å². The first-order valence-electron chi connectivity index (χ1n) is 14.8. The zero-order chi connectivity index (χ0) is 25.8. The van der Waals surface area contributed by atoms with Gasteiger partial charge in [-0.15, -0.1) is 0 Å². The summed E-state index contributed by atoms with van der Waals surface area (Å²) in [5.41, 5.74) is 0. The van der Waals surface area contributed by atoms with E-state index >= 15 is 0 Å². The van der Waals surface area contributed by atoms with Crippen molar-refractivity contribution in [2.75, 3.05) is 0 Å². The topological polar surface area (TPSA) is 0 Å². The SMILES string of the molecule is CCCCCCCCC(CC)CC(CC)C[SiH]1c2c[c]([Sn]([CH3])([CH3])[CH3])sc2-c2s[c]([Sn]([CH3])([CH3])[CH3])cc21. The fraction of sp³-hybridized carbons (Fsp3) is 0.733. The fourth-order valence-electron chi connectivity index (χ4n) is 5.78. The van der Waals surface area contributed by atoms with Gasteiger partial charge in [0.2, 0.25) is 0 Å². The minimum atomic E-state index is -2.04. The van der Waals surface area contributed by atoms with Gasteiger partial charge in [-0.2, -0.15) is 0 Å². The molecule has 2 aromatic rings. The quantitative estimate of drug-likeness (QED) is 0.127. The van der Waals surface area contributed by atoms with Crippen LogP contribution in [0, 0.1) is 11.8 Å². The Morgan fingerprint density at radius 2 is 1.17 bits per heavy atom. The van der Waals surface area contributed by atoms with Crippen molar-refractivity contribution in [3.05, 3.63) is 12.1 Å². The van der Waals surface area contributed by atoms with E-state index in [0.717, 1.165) is 11.8 Å². The number of fused-ring (bicyclic) bond motifs is 3. The van der Waals surface area contributed by atoms with E-state index in [1.165, 1.54) is 70.3 Å². The Kier molecular flexibility index (Phi) is 11.9. The summed E-state index contributed by atoms with van der Waals surface area (Å²) in [7, 11) is -1.08. The molecule has 0 nitrogen and oxygen atoms in total. The molecule has 2 aromatic heterocycles. The van der Waals surface area contributed by atoms with Gasteiger partial charge in [-0.25, -0.2) is 0 Å². The monoisotopic (exact) mass is 746 g/mol. The molecule has 0 saturated heterocycles. The number of hydrogen-bond donors (Lipinski definition) is 0. The average molecular weight is 744 g/mol. The molecule has 0 saturated carbocycles. The second-order valence-electron chi connectivity index (χ2n) is 13.4. The first kappa shape index (κ1) is 30.8. The van der Waals surface area contributed by atoms with Crippen LogP contribution < -0.4 is 16.2 Å². The Labute approximate surface area is 236 Å². The predicted octanol–water partition coefficient (Wildman–Crippen LogP) is 8.41. The maximum absolute atomic E-state index is 2.76. The third-order valence-corrected chi connectivity index (χ3v) is 33.6. The number of hydrogen-bond acceptors (Lipinski definition) is 2. The first-order valence-corrected chi connectivity index (χ1v) is 38.4. The number of rotatable bonds is 15. The summed E-state index contributed by atoms with van der Waals surface area (Å²) in [4.78, 5) is 19.2. The molecule has 0 bridgehead atoms. The third kappa shape index (κ3) is 8.11. The van der Waals surface area contributed by atoms with Gasteiger partial charge < -0.3 is 0 Å². The molecule has 35 heavy (non-hydrogen) atoms. The molecule has 0 spiro atoms. The third-order valence-electron chi connectivity index (χ3n) is 8.31. The van der Waals surface area contributed by atoms with Crippen LogP contribution in [0.2, 0.25) is 35.7 Å². The number of unbranched alkanes of at least 4 members (excludes halogenated alkanes) is 5. The van der Waals surface area contributed by atoms with E-state index in [1.807, 2.05) is 16.2 Å². The van der Waals surface area contributed by atoms with Gasteiger partial charge in [-0.05, 0) is 0 Å². The minimum absolute atomic E-state index is 0.929. The van der Waals surface area contributed by atoms with Crippen molar-refractivity contribution in [1.82, 2.24) is 0 Å². The van der Waals surface area contributed by atoms with Gasteiger partial charge in [0, 0.05) is 0 Å². The standard InChI is InChI=1S/C24H36S2Si.6CH3.2Sn/c1-4-7-8-9-10-11-12-19(5-2)17-20(6-3)18-27-21-13-15-25-23(21)24-22(27)14-16-26-24;;;;;;;;/h13-14,19-20,27H,4-12,17-18H2,1-3H3;6*1H3;;. The van der Waals surface area contributed by atoms with E-state index < -0.39 is 45.6 Å². The zero-order valence-corrected chi connectivity index (χ0v) is 33.0. The summed E-state index contributed by atoms with van der Waals surface area (Å²) in [6.07, 6.45) is 14.4. The normalized spacial score (nSPS) is 15.9. The molecule has 0 fully saturated rings. The van der Waals surface area contributed by atoms with E-state index in [9.17, 15) is 0 Å². The molecular formula is C30H54S2SiSn2. The Morgan fingerprint density at radius 3 is 1.63 bits per heavy atom. The van der Waals surface area contributed by atoms with Crippen LogP contribution in [-0.4, -0.2) is 45.6 Å². The predicted molar refractivity (Wildman–Crippen MR) is 175 cm³/mol. The molecule has 0 aromatic carbocycles. The van der Waals surface area contributed by atoms with E-state index in [4.69, 9.17) is 0 Å². The van der Waals surface area contributed by atoms with Crippen molar-refractivity contribution < 1.29 is 0 Å². The van der Waals surface area contributed by atoms with E-state index in [1.54, 1.807) is 9.75 Å². The molecule has 198 valence electrons. The van der Waals surface area contributed by atoms with Gasteiger partial charge in [0.15, 0.2) is 0 Å². The Balaban J connectivity index is 1.76. The van der Waals surface area contributed by atoms with E-state index in [-0.39, 0.29) is 0 Å². The summed E-state index contributed by atoms with van der Waals surface area (Å²) in [5.74, 6) is 1.88. The summed E-state index contributed by atoms with van der Waals surface area (Å²) in [6, 6.07) is 7.05. The molecule has 1 aliphatic heterocycles. The Bertz CT molecular complexity index is 873. The van der Waals surface area contributed by atoms with Gasteiger partial charge >= 0.3 is 213 Å². The van der Waals surface area contributed by atoms with Crippen molar-refractivity contribution in [2.24, 2.45) is 11.8 Å². The summed E-state index contributed by atoms with van der Waals surface area (Å²) in [6.45, 7) is 7.27. The molecule has 1 aliphatic rings. The molecule has 3 heterocycles. The molecule has 0 radical (unpaired) electrons. The van der Waals surface area contributed by atoms with Crippen LogP contribution in [0.5, 0.6) is 0 Å². The second-order valence-corrected chi connectivity index (χ2v) is 49.2. The van der Waals surface area contributed by atoms with Crippen molar-refractivity contribution in [3.8, 4) is 9.75 Å². The maximum atomic E-state index is 2.76. The summed E-state index contributed by atoms with van der Waals surface area (Å²) < 4.78 is 3.65. The zero-order valence-electron chi connectivity index (χ0n) is 24.5. The summed E-state index contributed by atoms with van der Waals surface area (Å²) in [5, 5.41) is 3.74. The van der Waals surface area contributed by atoms with Crippen molar-refractivity contribution in [1.29, 1.82) is 0 Å². The van der Waals surface area contributed by atoms with Gasteiger partial charge in [0.25, 0.3) is 0 Å². The van der Waals surface area contributed by atoms with Crippen LogP contribution in [-0.2, 0) is 0 Å². The van der Waals surface area contributed by atoms with Crippen molar-refractivity contribution in [3.63, 3.8) is 0 Å². The van der Waals surface area contributed by atoms with E-state index in [2.05, 4.69) is 85.2 Å². The van der Waals surface area contributed by atoms with Gasteiger partial charge in [-0.1, -0.05) is 26.2 Å². The van der Waals surface area contributed by atoms with E-state index in [0.29, 0.717) is 0 Å². The molecule has 5 heteroatoms. The van der Waals surface area contributed by atoms with Crippen LogP contribution in [0.25, 0.3) is 9.75 Å². The second kappa shape index (κ2) is 13.5. The molecular weight excluding hydrogens is 690 g/mol. The van der Waals surface area contributed by atoms with Crippen molar-refractivity contribution >= 4 is 84.4 Å². The van der Waals surface area contributed by atoms with Gasteiger partial charge in [-0.3, -0.25) is 0 Å². The van der Waals surface area contributed by atoms with Crippen LogP contribution in [0.15, 0.2) is 12.1 Å².